The molecule has 3 rings (SSSR count). The van der Waals surface area contributed by atoms with Crippen LogP contribution in [0.3, 0.4) is 0 Å². The molecule has 0 aliphatic carbocycles. The number of aromatic hydroxyl groups is 1. The Labute approximate surface area is 145 Å². The summed E-state index contributed by atoms with van der Waals surface area (Å²) in [5.74, 6) is 0.0116. The van der Waals surface area contributed by atoms with Gasteiger partial charge < -0.3 is 5.11 Å². The summed E-state index contributed by atoms with van der Waals surface area (Å²) in [7, 11) is 0. The van der Waals surface area contributed by atoms with E-state index < -0.39 is 0 Å². The van der Waals surface area contributed by atoms with Crippen molar-refractivity contribution in [3.63, 3.8) is 0 Å². The molecule has 0 fully saturated rings. The van der Waals surface area contributed by atoms with Gasteiger partial charge in [0.05, 0.1) is 5.56 Å². The van der Waals surface area contributed by atoms with E-state index in [1.54, 1.807) is 23.5 Å². The van der Waals surface area contributed by atoms with Crippen molar-refractivity contribution in [2.24, 2.45) is 0 Å². The van der Waals surface area contributed by atoms with Crippen LogP contribution < -0.4 is 0 Å². The quantitative estimate of drug-likeness (QED) is 0.611. The number of thiophene rings is 1. The van der Waals surface area contributed by atoms with E-state index in [0.29, 0.717) is 11.8 Å². The van der Waals surface area contributed by atoms with E-state index in [1.807, 2.05) is 24.3 Å². The molecule has 0 unspecified atom stereocenters. The highest BCUT2D eigenvalue weighted by Gasteiger charge is 2.08. The van der Waals surface area contributed by atoms with Crippen molar-refractivity contribution in [1.29, 1.82) is 0 Å². The lowest BCUT2D eigenvalue weighted by molar-refractivity contribution is 0.112. The minimum atomic E-state index is 0.0116. The van der Waals surface area contributed by atoms with Gasteiger partial charge in [-0.2, -0.15) is 0 Å². The lowest BCUT2D eigenvalue weighted by Gasteiger charge is -2.00. The van der Waals surface area contributed by atoms with Crippen LogP contribution in [0.4, 0.5) is 0 Å². The van der Waals surface area contributed by atoms with E-state index in [-0.39, 0.29) is 5.75 Å². The molecule has 3 heteroatoms. The van der Waals surface area contributed by atoms with Gasteiger partial charge in [-0.25, -0.2) is 0 Å². The Morgan fingerprint density at radius 1 is 1.04 bits per heavy atom. The second-order valence-corrected chi connectivity index (χ2v) is 6.64. The highest BCUT2D eigenvalue weighted by molar-refractivity contribution is 7.13. The van der Waals surface area contributed by atoms with Gasteiger partial charge in [-0.1, -0.05) is 49.4 Å². The third-order valence-electron chi connectivity index (χ3n) is 3.86. The Balaban J connectivity index is 1.89. The first kappa shape index (κ1) is 16.2. The van der Waals surface area contributed by atoms with Crippen molar-refractivity contribution in [3.8, 4) is 16.9 Å². The number of aryl methyl sites for hydroxylation is 1. The molecule has 0 aliphatic heterocycles. The van der Waals surface area contributed by atoms with Crippen LogP contribution in [0.1, 0.15) is 32.6 Å². The molecule has 0 aliphatic rings. The van der Waals surface area contributed by atoms with Crippen molar-refractivity contribution in [2.75, 3.05) is 0 Å². The van der Waals surface area contributed by atoms with Gasteiger partial charge in [0, 0.05) is 9.75 Å². The lowest BCUT2D eigenvalue weighted by Crippen LogP contribution is -1.81. The summed E-state index contributed by atoms with van der Waals surface area (Å²) in [5, 5.41) is 9.76. The van der Waals surface area contributed by atoms with Crippen LogP contribution in [0.15, 0.2) is 54.6 Å². The van der Waals surface area contributed by atoms with Gasteiger partial charge in [0.25, 0.3) is 0 Å². The van der Waals surface area contributed by atoms with Crippen LogP contribution >= 0.6 is 11.3 Å². The second-order valence-electron chi connectivity index (χ2n) is 5.47. The van der Waals surface area contributed by atoms with Crippen molar-refractivity contribution in [1.82, 2.24) is 0 Å². The number of carbonyl (C=O) groups excluding carboxylic acids is 1. The summed E-state index contributed by atoms with van der Waals surface area (Å²) in [5.41, 5.74) is 3.69. The maximum Gasteiger partial charge on any atom is 0.153 e. The monoisotopic (exact) mass is 334 g/mol. The van der Waals surface area contributed by atoms with Crippen molar-refractivity contribution in [3.05, 3.63) is 75.5 Å². The Morgan fingerprint density at radius 3 is 2.50 bits per heavy atom. The molecule has 0 saturated heterocycles. The molecular weight excluding hydrogens is 316 g/mol. The largest absolute Gasteiger partial charge is 0.507 e. The van der Waals surface area contributed by atoms with Gasteiger partial charge in [-0.05, 0) is 47.4 Å². The number of phenolic OH excluding ortho intramolecular Hbond substituents is 1. The molecule has 0 radical (unpaired) electrons. The molecule has 3 aromatic rings. The van der Waals surface area contributed by atoms with Crippen molar-refractivity contribution < 1.29 is 9.90 Å². The van der Waals surface area contributed by atoms with Gasteiger partial charge in [-0.15, -0.1) is 11.3 Å². The fourth-order valence-electron chi connectivity index (χ4n) is 2.60. The molecule has 0 atom stereocenters. The molecule has 120 valence electrons. The van der Waals surface area contributed by atoms with E-state index in [9.17, 15) is 9.90 Å². The number of benzene rings is 2. The number of aldehydes is 1. The zero-order valence-electron chi connectivity index (χ0n) is 13.4. The molecule has 0 saturated carbocycles. The third-order valence-corrected chi connectivity index (χ3v) is 5.10. The standard InChI is InChI=1S/C21H18O2S/c1-2-21-19(16-6-4-3-5-7-16)13-18(24-21)11-9-15-8-10-17(14-22)20(23)12-15/h3-14,23H,2H2,1H3. The van der Waals surface area contributed by atoms with Crippen LogP contribution in [-0.2, 0) is 6.42 Å². The minimum absolute atomic E-state index is 0.0116. The maximum absolute atomic E-state index is 10.7. The molecule has 2 nitrogen and oxygen atoms in total. The highest BCUT2D eigenvalue weighted by Crippen LogP contribution is 2.33. The van der Waals surface area contributed by atoms with E-state index >= 15 is 0 Å². The van der Waals surface area contributed by atoms with Crippen LogP contribution in [0.25, 0.3) is 23.3 Å². The number of hydrogen-bond donors (Lipinski definition) is 1. The van der Waals surface area contributed by atoms with Gasteiger partial charge in [0.15, 0.2) is 6.29 Å². The van der Waals surface area contributed by atoms with Gasteiger partial charge in [0.2, 0.25) is 0 Å². The molecule has 0 amide bonds. The van der Waals surface area contributed by atoms with E-state index in [2.05, 4.69) is 37.3 Å². The number of rotatable bonds is 5. The summed E-state index contributed by atoms with van der Waals surface area (Å²) in [4.78, 5) is 13.3. The molecular formula is C21H18O2S. The normalized spacial score (nSPS) is 11.0. The smallest absolute Gasteiger partial charge is 0.153 e. The van der Waals surface area contributed by atoms with Gasteiger partial charge in [0.1, 0.15) is 5.75 Å². The fraction of sp³-hybridized carbons (Fsp3) is 0.0952. The molecule has 0 bridgehead atoms. The first-order valence-electron chi connectivity index (χ1n) is 7.85. The highest BCUT2D eigenvalue weighted by atomic mass is 32.1. The van der Waals surface area contributed by atoms with E-state index in [1.165, 1.54) is 20.9 Å². The summed E-state index contributed by atoms with van der Waals surface area (Å²) in [6.45, 7) is 2.17. The molecule has 0 spiro atoms. The number of carbonyl (C=O) groups is 1. The molecule has 1 heterocycles. The molecule has 1 aromatic heterocycles. The van der Waals surface area contributed by atoms with Crippen LogP contribution in [0.5, 0.6) is 5.75 Å². The van der Waals surface area contributed by atoms with Crippen LogP contribution in [0, 0.1) is 0 Å². The summed E-state index contributed by atoms with van der Waals surface area (Å²) < 4.78 is 0. The average molecular weight is 334 g/mol. The predicted octanol–water partition coefficient (Wildman–Crippen LogP) is 5.67. The third kappa shape index (κ3) is 3.47. The Kier molecular flexibility index (Phi) is 4.92. The van der Waals surface area contributed by atoms with Crippen molar-refractivity contribution in [2.45, 2.75) is 13.3 Å². The molecule has 24 heavy (non-hydrogen) atoms. The number of phenols is 1. The summed E-state index contributed by atoms with van der Waals surface area (Å²) in [6.07, 6.45) is 5.65. The summed E-state index contributed by atoms with van der Waals surface area (Å²) >= 11 is 1.78. The lowest BCUT2D eigenvalue weighted by atomic mass is 10.1. The SMILES string of the molecule is CCc1sc(C=Cc2ccc(C=O)c(O)c2)cc1-c1ccccc1. The fourth-order valence-corrected chi connectivity index (χ4v) is 3.63. The molecule has 1 N–H and O–H groups in total. The average Bonchev–Trinajstić information content (AvgIpc) is 3.04. The maximum atomic E-state index is 10.7. The van der Waals surface area contributed by atoms with Crippen LogP contribution in [0.2, 0.25) is 0 Å². The van der Waals surface area contributed by atoms with Crippen LogP contribution in [-0.4, -0.2) is 11.4 Å². The first-order chi connectivity index (χ1) is 11.7. The zero-order chi connectivity index (χ0) is 16.9. The second kappa shape index (κ2) is 7.28. The number of hydrogen-bond acceptors (Lipinski definition) is 3. The molecule has 2 aromatic carbocycles. The van der Waals surface area contributed by atoms with E-state index in [0.717, 1.165) is 12.0 Å². The van der Waals surface area contributed by atoms with Gasteiger partial charge >= 0.3 is 0 Å². The zero-order valence-corrected chi connectivity index (χ0v) is 14.2. The summed E-state index contributed by atoms with van der Waals surface area (Å²) in [6, 6.07) is 17.7. The Bertz CT molecular complexity index is 876. The minimum Gasteiger partial charge on any atom is -0.507 e. The Hall–Kier alpha value is -2.65. The van der Waals surface area contributed by atoms with E-state index in [4.69, 9.17) is 0 Å². The Morgan fingerprint density at radius 2 is 1.83 bits per heavy atom. The van der Waals surface area contributed by atoms with Gasteiger partial charge in [-0.3, -0.25) is 4.79 Å². The predicted molar refractivity (Wildman–Crippen MR) is 102 cm³/mol. The topological polar surface area (TPSA) is 37.3 Å². The van der Waals surface area contributed by atoms with Crippen molar-refractivity contribution >= 4 is 29.8 Å². The first-order valence-corrected chi connectivity index (χ1v) is 8.67.